The number of benzene rings is 1. The van der Waals surface area contributed by atoms with Gasteiger partial charge in [-0.05, 0) is 12.1 Å². The number of hydrogen-bond donors (Lipinski definition) is 0. The molecular weight excluding hydrogens is 143 g/mol. The van der Waals surface area contributed by atoms with Crippen molar-refractivity contribution < 1.29 is 4.39 Å². The van der Waals surface area contributed by atoms with Crippen molar-refractivity contribution in [1.82, 2.24) is 0 Å². The smallest absolute Gasteiger partial charge is 0.147 e. The van der Waals surface area contributed by atoms with Crippen LogP contribution in [-0.2, 0) is 0 Å². The Morgan fingerprint density at radius 1 is 1.30 bits per heavy atom. The highest BCUT2D eigenvalue weighted by atomic mass is 28.1. The molecule has 0 spiro atoms. The maximum atomic E-state index is 12.7. The van der Waals surface area contributed by atoms with Gasteiger partial charge < -0.3 is 0 Å². The molecule has 1 aromatic carbocycles. The third-order valence-corrected chi connectivity index (χ3v) is 1.20. The monoisotopic (exact) mass is 147 g/mol. The first-order chi connectivity index (χ1) is 4.84. The molecule has 1 rings (SSSR count). The van der Waals surface area contributed by atoms with Gasteiger partial charge in [-0.2, -0.15) is 0 Å². The van der Waals surface area contributed by atoms with E-state index in [1.807, 2.05) is 0 Å². The largest absolute Gasteiger partial charge is 0.206 e. The van der Waals surface area contributed by atoms with Crippen molar-refractivity contribution in [3.05, 3.63) is 35.6 Å². The van der Waals surface area contributed by atoms with Crippen LogP contribution in [0, 0.1) is 17.3 Å². The summed E-state index contributed by atoms with van der Waals surface area (Å²) in [6.45, 7) is 0. The number of halogens is 1. The summed E-state index contributed by atoms with van der Waals surface area (Å²) < 4.78 is 12.7. The van der Waals surface area contributed by atoms with E-state index in [1.54, 1.807) is 18.2 Å². The van der Waals surface area contributed by atoms with Gasteiger partial charge in [0.25, 0.3) is 0 Å². The molecule has 2 heteroatoms. The lowest BCUT2D eigenvalue weighted by Crippen LogP contribution is -1.80. The zero-order valence-electron chi connectivity index (χ0n) is 5.19. The Balaban J connectivity index is 3.11. The van der Waals surface area contributed by atoms with Crippen molar-refractivity contribution in [3.8, 4) is 11.5 Å². The van der Waals surface area contributed by atoms with Crippen LogP contribution in [0.15, 0.2) is 24.3 Å². The molecule has 0 N–H and O–H groups in total. The van der Waals surface area contributed by atoms with Crippen LogP contribution in [-0.4, -0.2) is 10.2 Å². The molecule has 0 nitrogen and oxygen atoms in total. The molecule has 0 unspecified atom stereocenters. The quantitative estimate of drug-likeness (QED) is 0.383. The Kier molecular flexibility index (Phi) is 2.24. The Labute approximate surface area is 62.5 Å². The van der Waals surface area contributed by atoms with Crippen LogP contribution in [0.5, 0.6) is 0 Å². The maximum Gasteiger partial charge on any atom is 0.147 e. The van der Waals surface area contributed by atoms with E-state index in [2.05, 4.69) is 21.7 Å². The highest BCUT2D eigenvalue weighted by Gasteiger charge is 1.92. The summed E-state index contributed by atoms with van der Waals surface area (Å²) in [6, 6.07) is 6.39. The zero-order valence-corrected chi connectivity index (χ0v) is 6.19. The first-order valence-electron chi connectivity index (χ1n) is 2.77. The summed E-state index contributed by atoms with van der Waals surface area (Å²) in [5, 5.41) is 0. The van der Waals surface area contributed by atoms with E-state index in [4.69, 9.17) is 0 Å². The van der Waals surface area contributed by atoms with Gasteiger partial charge in [0, 0.05) is 0 Å². The topological polar surface area (TPSA) is 0 Å². The van der Waals surface area contributed by atoms with E-state index >= 15 is 0 Å². The second kappa shape index (κ2) is 3.19. The standard InChI is InChI=1S/C8H4FSi/c9-8-4-2-1-3-7(8)5-6-10/h1-4H. The summed E-state index contributed by atoms with van der Waals surface area (Å²) in [6.07, 6.45) is 0. The van der Waals surface area contributed by atoms with E-state index in [1.165, 1.54) is 6.07 Å². The molecule has 0 fully saturated rings. The molecule has 0 saturated heterocycles. The van der Waals surface area contributed by atoms with Crippen LogP contribution < -0.4 is 0 Å². The lowest BCUT2D eigenvalue weighted by Gasteiger charge is -1.89. The molecule has 3 radical (unpaired) electrons. The fraction of sp³-hybridized carbons (Fsp3) is 0. The minimum atomic E-state index is -0.284. The van der Waals surface area contributed by atoms with Crippen molar-refractivity contribution >= 4 is 10.2 Å². The highest BCUT2D eigenvalue weighted by Crippen LogP contribution is 2.02. The van der Waals surface area contributed by atoms with Crippen LogP contribution in [0.4, 0.5) is 4.39 Å². The van der Waals surface area contributed by atoms with Gasteiger partial charge in [-0.1, -0.05) is 18.1 Å². The van der Waals surface area contributed by atoms with E-state index in [0.717, 1.165) is 0 Å². The zero-order chi connectivity index (χ0) is 7.40. The average molecular weight is 147 g/mol. The van der Waals surface area contributed by atoms with Gasteiger partial charge in [0.15, 0.2) is 0 Å². The molecule has 0 aromatic heterocycles. The van der Waals surface area contributed by atoms with Gasteiger partial charge in [-0.3, -0.25) is 0 Å². The van der Waals surface area contributed by atoms with Crippen molar-refractivity contribution in [2.75, 3.05) is 0 Å². The molecule has 10 heavy (non-hydrogen) atoms. The lowest BCUT2D eigenvalue weighted by atomic mass is 10.2. The molecular formula is C8H4FSi. The Bertz CT molecular complexity index is 283. The fourth-order valence-electron chi connectivity index (χ4n) is 0.630. The number of rotatable bonds is 0. The molecule has 0 heterocycles. The molecule has 1 aromatic rings. The van der Waals surface area contributed by atoms with E-state index in [0.29, 0.717) is 5.56 Å². The Hall–Kier alpha value is -1.07. The summed E-state index contributed by atoms with van der Waals surface area (Å²) in [4.78, 5) is 0. The molecule has 0 amide bonds. The molecule has 0 aliphatic rings. The highest BCUT2D eigenvalue weighted by molar-refractivity contribution is 6.22. The van der Waals surface area contributed by atoms with E-state index in [-0.39, 0.29) is 5.82 Å². The van der Waals surface area contributed by atoms with Crippen molar-refractivity contribution in [2.45, 2.75) is 0 Å². The second-order valence-corrected chi connectivity index (χ2v) is 1.98. The summed E-state index contributed by atoms with van der Waals surface area (Å²) in [5.74, 6) is 2.28. The minimum Gasteiger partial charge on any atom is -0.206 e. The molecule has 0 bridgehead atoms. The lowest BCUT2D eigenvalue weighted by molar-refractivity contribution is 0.624. The molecule has 0 atom stereocenters. The summed E-state index contributed by atoms with van der Waals surface area (Å²) >= 11 is 0. The predicted molar refractivity (Wildman–Crippen MR) is 39.0 cm³/mol. The van der Waals surface area contributed by atoms with Gasteiger partial charge in [-0.15, -0.1) is 5.54 Å². The number of hydrogen-bond acceptors (Lipinski definition) is 0. The van der Waals surface area contributed by atoms with Gasteiger partial charge in [0.1, 0.15) is 16.1 Å². The Morgan fingerprint density at radius 3 is 2.60 bits per heavy atom. The van der Waals surface area contributed by atoms with Crippen LogP contribution in [0.25, 0.3) is 0 Å². The van der Waals surface area contributed by atoms with E-state index < -0.39 is 0 Å². The molecule has 0 aliphatic heterocycles. The third kappa shape index (κ3) is 1.46. The maximum absolute atomic E-state index is 12.7. The summed E-state index contributed by atoms with van der Waals surface area (Å²) in [7, 11) is 2.94. The SMILES string of the molecule is Fc1ccccc1C#C[Si]. The van der Waals surface area contributed by atoms with E-state index in [9.17, 15) is 4.39 Å². The first-order valence-corrected chi connectivity index (χ1v) is 3.27. The average Bonchev–Trinajstić information content (AvgIpc) is 1.94. The van der Waals surface area contributed by atoms with Gasteiger partial charge in [0.05, 0.1) is 5.56 Å². The predicted octanol–water partition coefficient (Wildman–Crippen LogP) is 1.30. The van der Waals surface area contributed by atoms with Crippen LogP contribution in [0.2, 0.25) is 0 Å². The van der Waals surface area contributed by atoms with Crippen LogP contribution in [0.3, 0.4) is 0 Å². The van der Waals surface area contributed by atoms with Gasteiger partial charge >= 0.3 is 0 Å². The fourth-order valence-corrected chi connectivity index (χ4v) is 0.765. The molecule has 47 valence electrons. The Morgan fingerprint density at radius 2 is 2.00 bits per heavy atom. The molecule has 0 aliphatic carbocycles. The van der Waals surface area contributed by atoms with Gasteiger partial charge in [0.2, 0.25) is 0 Å². The molecule has 0 saturated carbocycles. The minimum absolute atomic E-state index is 0.284. The summed E-state index contributed by atoms with van der Waals surface area (Å²) in [5.41, 5.74) is 2.85. The van der Waals surface area contributed by atoms with Gasteiger partial charge in [-0.25, -0.2) is 4.39 Å². The van der Waals surface area contributed by atoms with Crippen molar-refractivity contribution in [2.24, 2.45) is 0 Å². The van der Waals surface area contributed by atoms with Crippen LogP contribution in [0.1, 0.15) is 5.56 Å². The van der Waals surface area contributed by atoms with Crippen LogP contribution >= 0.6 is 0 Å². The van der Waals surface area contributed by atoms with Crippen molar-refractivity contribution in [3.63, 3.8) is 0 Å². The second-order valence-electron chi connectivity index (χ2n) is 1.73. The van der Waals surface area contributed by atoms with Crippen molar-refractivity contribution in [1.29, 1.82) is 0 Å². The normalized spacial score (nSPS) is 8.20. The third-order valence-electron chi connectivity index (χ3n) is 1.07. The first kappa shape index (κ1) is 7.04.